The number of hydrogen-bond acceptors (Lipinski definition) is 3. The summed E-state index contributed by atoms with van der Waals surface area (Å²) in [5, 5.41) is 5.76. The van der Waals surface area contributed by atoms with Gasteiger partial charge in [0.25, 0.3) is 5.91 Å². The van der Waals surface area contributed by atoms with Crippen molar-refractivity contribution in [3.8, 4) is 0 Å². The molecule has 0 saturated carbocycles. The Morgan fingerprint density at radius 1 is 1.04 bits per heavy atom. The summed E-state index contributed by atoms with van der Waals surface area (Å²) in [6.45, 7) is 1.82. The minimum atomic E-state index is -0.343. The Hall–Kier alpha value is -2.72. The first kappa shape index (κ1) is 15.2. The molecule has 1 amide bonds. The molecule has 0 radical (unpaired) electrons. The lowest BCUT2D eigenvalue weighted by Crippen LogP contribution is -2.20. The molecule has 5 heteroatoms. The summed E-state index contributed by atoms with van der Waals surface area (Å²) in [7, 11) is 0. The third kappa shape index (κ3) is 3.55. The zero-order valence-electron chi connectivity index (χ0n) is 12.5. The molecule has 114 valence electrons. The van der Waals surface area contributed by atoms with Gasteiger partial charge in [-0.25, -0.2) is 10.4 Å². The highest BCUT2D eigenvalue weighted by Crippen LogP contribution is 2.12. The van der Waals surface area contributed by atoms with Gasteiger partial charge in [-0.3, -0.25) is 4.79 Å². The number of aromatic nitrogens is 1. The minimum absolute atomic E-state index is 0.330. The summed E-state index contributed by atoms with van der Waals surface area (Å²) in [4.78, 5) is 16.5. The van der Waals surface area contributed by atoms with E-state index in [0.29, 0.717) is 16.4 Å². The standard InChI is InChI=1S/C18H14ClN3O/c1-12(13-6-9-15(19)10-7-13)21-22-18(23)17-11-8-14-4-2-3-5-16(14)20-17/h2-11H,1H3,(H,22,23). The summed E-state index contributed by atoms with van der Waals surface area (Å²) < 4.78 is 0. The SMILES string of the molecule is CC(=NNC(=O)c1ccc2ccccc2n1)c1ccc(Cl)cc1. The van der Waals surface area contributed by atoms with Crippen LogP contribution in [0.1, 0.15) is 23.0 Å². The van der Waals surface area contributed by atoms with Crippen molar-refractivity contribution in [1.82, 2.24) is 10.4 Å². The second kappa shape index (κ2) is 6.58. The van der Waals surface area contributed by atoms with Crippen molar-refractivity contribution >= 4 is 34.1 Å². The second-order valence-electron chi connectivity index (χ2n) is 5.03. The monoisotopic (exact) mass is 323 g/mol. The molecule has 0 saturated heterocycles. The van der Waals surface area contributed by atoms with Gasteiger partial charge in [-0.1, -0.05) is 48.0 Å². The molecule has 23 heavy (non-hydrogen) atoms. The van der Waals surface area contributed by atoms with Gasteiger partial charge in [-0.15, -0.1) is 0 Å². The van der Waals surface area contributed by atoms with Crippen LogP contribution in [-0.2, 0) is 0 Å². The Morgan fingerprint density at radius 3 is 2.57 bits per heavy atom. The van der Waals surface area contributed by atoms with E-state index in [2.05, 4.69) is 15.5 Å². The average molecular weight is 324 g/mol. The zero-order chi connectivity index (χ0) is 16.2. The molecule has 2 aromatic carbocycles. The average Bonchev–Trinajstić information content (AvgIpc) is 2.59. The summed E-state index contributed by atoms with van der Waals surface area (Å²) in [5.74, 6) is -0.343. The predicted molar refractivity (Wildman–Crippen MR) is 92.9 cm³/mol. The Labute approximate surface area is 138 Å². The van der Waals surface area contributed by atoms with E-state index >= 15 is 0 Å². The number of benzene rings is 2. The lowest BCUT2D eigenvalue weighted by Gasteiger charge is -2.04. The molecule has 0 spiro atoms. The fraction of sp³-hybridized carbons (Fsp3) is 0.0556. The number of fused-ring (bicyclic) bond motifs is 1. The molecule has 0 unspecified atom stereocenters. The second-order valence-corrected chi connectivity index (χ2v) is 5.47. The van der Waals surface area contributed by atoms with Crippen molar-refractivity contribution in [1.29, 1.82) is 0 Å². The number of carbonyl (C=O) groups excluding carboxylic acids is 1. The van der Waals surface area contributed by atoms with Crippen LogP contribution in [0.15, 0.2) is 65.8 Å². The number of carbonyl (C=O) groups is 1. The smallest absolute Gasteiger partial charge is 0.266 e. The van der Waals surface area contributed by atoms with Crippen molar-refractivity contribution in [2.45, 2.75) is 6.92 Å². The van der Waals surface area contributed by atoms with Gasteiger partial charge in [0, 0.05) is 10.4 Å². The maximum Gasteiger partial charge on any atom is 0.289 e. The lowest BCUT2D eigenvalue weighted by atomic mass is 10.1. The van der Waals surface area contributed by atoms with Gasteiger partial charge in [0.2, 0.25) is 0 Å². The van der Waals surface area contributed by atoms with Crippen LogP contribution in [-0.4, -0.2) is 16.6 Å². The van der Waals surface area contributed by atoms with Crippen LogP contribution in [0.5, 0.6) is 0 Å². The summed E-state index contributed by atoms with van der Waals surface area (Å²) in [6, 6.07) is 18.5. The first-order valence-electron chi connectivity index (χ1n) is 7.10. The molecular formula is C18H14ClN3O. The topological polar surface area (TPSA) is 54.4 Å². The molecule has 0 bridgehead atoms. The Bertz CT molecular complexity index is 888. The number of nitrogens with zero attached hydrogens (tertiary/aromatic N) is 2. The van der Waals surface area contributed by atoms with Gasteiger partial charge < -0.3 is 0 Å². The number of para-hydroxylation sites is 1. The number of hydrazone groups is 1. The number of rotatable bonds is 3. The highest BCUT2D eigenvalue weighted by molar-refractivity contribution is 6.30. The van der Waals surface area contributed by atoms with Crippen molar-refractivity contribution in [2.75, 3.05) is 0 Å². The van der Waals surface area contributed by atoms with Crippen LogP contribution < -0.4 is 5.43 Å². The van der Waals surface area contributed by atoms with Crippen LogP contribution in [0.3, 0.4) is 0 Å². The van der Waals surface area contributed by atoms with E-state index in [9.17, 15) is 4.79 Å². The Kier molecular flexibility index (Phi) is 4.35. The predicted octanol–water partition coefficient (Wildman–Crippen LogP) is 4.04. The molecule has 1 heterocycles. The van der Waals surface area contributed by atoms with Crippen LogP contribution in [0.2, 0.25) is 5.02 Å². The zero-order valence-corrected chi connectivity index (χ0v) is 13.2. The number of amides is 1. The summed E-state index contributed by atoms with van der Waals surface area (Å²) in [6.07, 6.45) is 0. The Morgan fingerprint density at radius 2 is 1.78 bits per heavy atom. The highest BCUT2D eigenvalue weighted by Gasteiger charge is 2.07. The van der Waals surface area contributed by atoms with Crippen molar-refractivity contribution in [3.63, 3.8) is 0 Å². The third-order valence-corrected chi connectivity index (χ3v) is 3.67. The van der Waals surface area contributed by atoms with Gasteiger partial charge in [0.1, 0.15) is 5.69 Å². The number of nitrogens with one attached hydrogen (secondary N) is 1. The van der Waals surface area contributed by atoms with Gasteiger partial charge in [-0.05, 0) is 36.8 Å². The maximum absolute atomic E-state index is 12.2. The van der Waals surface area contributed by atoms with E-state index in [1.807, 2.05) is 49.4 Å². The number of hydrogen-bond donors (Lipinski definition) is 1. The van der Waals surface area contributed by atoms with E-state index in [4.69, 9.17) is 11.6 Å². The molecular weight excluding hydrogens is 310 g/mol. The molecule has 1 N–H and O–H groups in total. The molecule has 0 aliphatic heterocycles. The molecule has 0 aliphatic carbocycles. The fourth-order valence-corrected chi connectivity index (χ4v) is 2.27. The van der Waals surface area contributed by atoms with Gasteiger partial charge in [0.15, 0.2) is 0 Å². The van der Waals surface area contributed by atoms with Gasteiger partial charge in [-0.2, -0.15) is 5.10 Å². The maximum atomic E-state index is 12.2. The van der Waals surface area contributed by atoms with Gasteiger partial charge in [0.05, 0.1) is 11.2 Å². The summed E-state index contributed by atoms with van der Waals surface area (Å²) >= 11 is 5.85. The quantitative estimate of drug-likeness (QED) is 0.584. The highest BCUT2D eigenvalue weighted by atomic mass is 35.5. The van der Waals surface area contributed by atoms with Crippen LogP contribution in [0.25, 0.3) is 10.9 Å². The Balaban J connectivity index is 1.77. The largest absolute Gasteiger partial charge is 0.289 e. The molecule has 0 fully saturated rings. The first-order chi connectivity index (χ1) is 11.1. The van der Waals surface area contributed by atoms with E-state index in [1.54, 1.807) is 18.2 Å². The van der Waals surface area contributed by atoms with Crippen LogP contribution in [0, 0.1) is 0 Å². The van der Waals surface area contributed by atoms with Crippen LogP contribution in [0.4, 0.5) is 0 Å². The van der Waals surface area contributed by atoms with Crippen LogP contribution >= 0.6 is 11.6 Å². The molecule has 4 nitrogen and oxygen atoms in total. The minimum Gasteiger partial charge on any atom is -0.266 e. The fourth-order valence-electron chi connectivity index (χ4n) is 2.14. The van der Waals surface area contributed by atoms with E-state index in [-0.39, 0.29) is 5.91 Å². The third-order valence-electron chi connectivity index (χ3n) is 3.42. The summed E-state index contributed by atoms with van der Waals surface area (Å²) in [5.41, 5.74) is 5.22. The molecule has 3 aromatic rings. The number of pyridine rings is 1. The normalized spacial score (nSPS) is 11.5. The molecule has 0 aliphatic rings. The van der Waals surface area contributed by atoms with E-state index < -0.39 is 0 Å². The van der Waals surface area contributed by atoms with E-state index in [0.717, 1.165) is 16.5 Å². The first-order valence-corrected chi connectivity index (χ1v) is 7.47. The molecule has 0 atom stereocenters. The van der Waals surface area contributed by atoms with Crippen molar-refractivity contribution < 1.29 is 4.79 Å². The van der Waals surface area contributed by atoms with Crippen molar-refractivity contribution in [2.24, 2.45) is 5.10 Å². The molecule has 1 aromatic heterocycles. The van der Waals surface area contributed by atoms with E-state index in [1.165, 1.54) is 0 Å². The van der Waals surface area contributed by atoms with Gasteiger partial charge >= 0.3 is 0 Å². The van der Waals surface area contributed by atoms with Crippen molar-refractivity contribution in [3.05, 3.63) is 76.9 Å². The lowest BCUT2D eigenvalue weighted by molar-refractivity contribution is 0.0950. The number of halogens is 1. The molecule has 3 rings (SSSR count).